The molecule has 0 aromatic rings. The van der Waals surface area contributed by atoms with E-state index in [4.69, 9.17) is 0 Å². The Morgan fingerprint density at radius 2 is 2.25 bits per heavy atom. The van der Waals surface area contributed by atoms with E-state index in [-0.39, 0.29) is 5.91 Å². The van der Waals surface area contributed by atoms with Crippen LogP contribution >= 0.6 is 0 Å². The fourth-order valence-electron chi connectivity index (χ4n) is 2.08. The molecule has 1 heterocycles. The SMILES string of the molecule is CCCNC(=O)CNCC1CCCCN1C. The summed E-state index contributed by atoms with van der Waals surface area (Å²) in [5.41, 5.74) is 0. The van der Waals surface area contributed by atoms with Gasteiger partial charge < -0.3 is 15.5 Å². The van der Waals surface area contributed by atoms with Gasteiger partial charge in [-0.2, -0.15) is 0 Å². The molecule has 16 heavy (non-hydrogen) atoms. The number of amides is 1. The first-order valence-corrected chi connectivity index (χ1v) is 6.41. The van der Waals surface area contributed by atoms with Crippen molar-refractivity contribution in [1.29, 1.82) is 0 Å². The molecule has 1 atom stereocenters. The highest BCUT2D eigenvalue weighted by Crippen LogP contribution is 2.13. The zero-order valence-corrected chi connectivity index (χ0v) is 10.6. The number of hydrogen-bond acceptors (Lipinski definition) is 3. The second-order valence-electron chi connectivity index (χ2n) is 4.61. The Hall–Kier alpha value is -0.610. The molecule has 4 heteroatoms. The van der Waals surface area contributed by atoms with Crippen molar-refractivity contribution in [3.63, 3.8) is 0 Å². The van der Waals surface area contributed by atoms with E-state index in [1.807, 2.05) is 0 Å². The Morgan fingerprint density at radius 3 is 2.94 bits per heavy atom. The molecule has 4 nitrogen and oxygen atoms in total. The van der Waals surface area contributed by atoms with Crippen molar-refractivity contribution in [2.45, 2.75) is 38.6 Å². The Bertz CT molecular complexity index is 208. The fraction of sp³-hybridized carbons (Fsp3) is 0.917. The van der Waals surface area contributed by atoms with Crippen LogP contribution in [0.25, 0.3) is 0 Å². The van der Waals surface area contributed by atoms with Crippen LogP contribution in [-0.2, 0) is 4.79 Å². The highest BCUT2D eigenvalue weighted by molar-refractivity contribution is 5.77. The zero-order valence-electron chi connectivity index (χ0n) is 10.6. The van der Waals surface area contributed by atoms with Crippen LogP contribution in [0, 0.1) is 0 Å². The van der Waals surface area contributed by atoms with Crippen LogP contribution in [0.15, 0.2) is 0 Å². The Kier molecular flexibility index (Phi) is 6.42. The lowest BCUT2D eigenvalue weighted by Gasteiger charge is -2.32. The minimum Gasteiger partial charge on any atom is -0.355 e. The molecule has 1 saturated heterocycles. The van der Waals surface area contributed by atoms with E-state index in [0.717, 1.165) is 19.5 Å². The van der Waals surface area contributed by atoms with Crippen molar-refractivity contribution in [3.8, 4) is 0 Å². The summed E-state index contributed by atoms with van der Waals surface area (Å²) in [6.45, 7) is 5.41. The molecule has 1 aliphatic rings. The molecule has 0 aromatic carbocycles. The smallest absolute Gasteiger partial charge is 0.233 e. The number of carbonyl (C=O) groups excluding carboxylic acids is 1. The van der Waals surface area contributed by atoms with Crippen molar-refractivity contribution in [3.05, 3.63) is 0 Å². The fourth-order valence-corrected chi connectivity index (χ4v) is 2.08. The molecule has 2 N–H and O–H groups in total. The van der Waals surface area contributed by atoms with Gasteiger partial charge in [0.1, 0.15) is 0 Å². The summed E-state index contributed by atoms with van der Waals surface area (Å²) in [5, 5.41) is 6.11. The van der Waals surface area contributed by atoms with Crippen LogP contribution < -0.4 is 10.6 Å². The van der Waals surface area contributed by atoms with Gasteiger partial charge in [0.25, 0.3) is 0 Å². The summed E-state index contributed by atoms with van der Waals surface area (Å²) in [5.74, 6) is 0.111. The molecule has 94 valence electrons. The standard InChI is InChI=1S/C12H25N3O/c1-3-7-14-12(16)10-13-9-11-6-4-5-8-15(11)2/h11,13H,3-10H2,1-2H3,(H,14,16). The first-order valence-electron chi connectivity index (χ1n) is 6.41. The number of nitrogens with one attached hydrogen (secondary N) is 2. The molecule has 0 spiro atoms. The van der Waals surface area contributed by atoms with Crippen molar-refractivity contribution in [2.75, 3.05) is 33.2 Å². The van der Waals surface area contributed by atoms with Crippen molar-refractivity contribution < 1.29 is 4.79 Å². The third-order valence-electron chi connectivity index (χ3n) is 3.16. The van der Waals surface area contributed by atoms with Crippen LogP contribution in [0.4, 0.5) is 0 Å². The van der Waals surface area contributed by atoms with Gasteiger partial charge in [-0.3, -0.25) is 4.79 Å². The molecule has 0 saturated carbocycles. The largest absolute Gasteiger partial charge is 0.355 e. The summed E-state index contributed by atoms with van der Waals surface area (Å²) in [7, 11) is 2.17. The van der Waals surface area contributed by atoms with E-state index in [1.165, 1.54) is 25.8 Å². The maximum atomic E-state index is 11.3. The second-order valence-corrected chi connectivity index (χ2v) is 4.61. The molecule has 1 unspecified atom stereocenters. The quantitative estimate of drug-likeness (QED) is 0.698. The van der Waals surface area contributed by atoms with E-state index in [0.29, 0.717) is 12.6 Å². The first-order chi connectivity index (χ1) is 7.74. The average Bonchev–Trinajstić information content (AvgIpc) is 2.29. The Labute approximate surface area is 98.8 Å². The van der Waals surface area contributed by atoms with Crippen LogP contribution in [0.1, 0.15) is 32.6 Å². The van der Waals surface area contributed by atoms with E-state index in [1.54, 1.807) is 0 Å². The van der Waals surface area contributed by atoms with Crippen LogP contribution in [0.3, 0.4) is 0 Å². The summed E-state index contributed by atoms with van der Waals surface area (Å²) < 4.78 is 0. The number of likely N-dealkylation sites (tertiary alicyclic amines) is 1. The molecule has 0 aromatic heterocycles. The highest BCUT2D eigenvalue weighted by atomic mass is 16.1. The number of hydrogen-bond donors (Lipinski definition) is 2. The lowest BCUT2D eigenvalue weighted by molar-refractivity contribution is -0.120. The van der Waals surface area contributed by atoms with Crippen LogP contribution in [-0.4, -0.2) is 50.1 Å². The predicted octanol–water partition coefficient (Wildman–Crippen LogP) is 0.587. The van der Waals surface area contributed by atoms with E-state index in [9.17, 15) is 4.79 Å². The van der Waals surface area contributed by atoms with Gasteiger partial charge in [-0.1, -0.05) is 13.3 Å². The highest BCUT2D eigenvalue weighted by Gasteiger charge is 2.18. The number of piperidine rings is 1. The van der Waals surface area contributed by atoms with E-state index >= 15 is 0 Å². The third-order valence-corrected chi connectivity index (χ3v) is 3.16. The van der Waals surface area contributed by atoms with Crippen molar-refractivity contribution in [1.82, 2.24) is 15.5 Å². The molecule has 1 aliphatic heterocycles. The second kappa shape index (κ2) is 7.63. The lowest BCUT2D eigenvalue weighted by Crippen LogP contribution is -2.45. The van der Waals surface area contributed by atoms with Gasteiger partial charge in [-0.25, -0.2) is 0 Å². The average molecular weight is 227 g/mol. The van der Waals surface area contributed by atoms with Gasteiger partial charge in [0, 0.05) is 19.1 Å². The zero-order chi connectivity index (χ0) is 11.8. The van der Waals surface area contributed by atoms with Crippen LogP contribution in [0.2, 0.25) is 0 Å². The van der Waals surface area contributed by atoms with Gasteiger partial charge >= 0.3 is 0 Å². The van der Waals surface area contributed by atoms with E-state index in [2.05, 4.69) is 29.5 Å². The normalized spacial score (nSPS) is 22.0. The molecular formula is C12H25N3O. The van der Waals surface area contributed by atoms with Gasteiger partial charge in [0.2, 0.25) is 5.91 Å². The number of likely N-dealkylation sites (N-methyl/N-ethyl adjacent to an activating group) is 1. The predicted molar refractivity (Wildman–Crippen MR) is 66.4 cm³/mol. The molecule has 0 bridgehead atoms. The van der Waals surface area contributed by atoms with Crippen LogP contribution in [0.5, 0.6) is 0 Å². The lowest BCUT2D eigenvalue weighted by atomic mass is 10.0. The molecule has 0 radical (unpaired) electrons. The van der Waals surface area contributed by atoms with Crippen molar-refractivity contribution >= 4 is 5.91 Å². The van der Waals surface area contributed by atoms with Gasteiger partial charge in [0.05, 0.1) is 6.54 Å². The van der Waals surface area contributed by atoms with Gasteiger partial charge in [-0.05, 0) is 32.9 Å². The summed E-state index contributed by atoms with van der Waals surface area (Å²) in [4.78, 5) is 13.7. The Balaban J connectivity index is 2.07. The molecule has 1 fully saturated rings. The van der Waals surface area contributed by atoms with Gasteiger partial charge in [0.15, 0.2) is 0 Å². The summed E-state index contributed by atoms with van der Waals surface area (Å²) in [6, 6.07) is 0.604. The maximum Gasteiger partial charge on any atom is 0.233 e. The van der Waals surface area contributed by atoms with Gasteiger partial charge in [-0.15, -0.1) is 0 Å². The minimum absolute atomic E-state index is 0.111. The monoisotopic (exact) mass is 227 g/mol. The minimum atomic E-state index is 0.111. The molecule has 1 rings (SSSR count). The molecule has 0 aliphatic carbocycles. The topological polar surface area (TPSA) is 44.4 Å². The third kappa shape index (κ3) is 4.94. The number of carbonyl (C=O) groups is 1. The number of rotatable bonds is 6. The number of nitrogens with zero attached hydrogens (tertiary/aromatic N) is 1. The summed E-state index contributed by atoms with van der Waals surface area (Å²) in [6.07, 6.45) is 4.87. The van der Waals surface area contributed by atoms with Crippen molar-refractivity contribution in [2.24, 2.45) is 0 Å². The summed E-state index contributed by atoms with van der Waals surface area (Å²) >= 11 is 0. The molecule has 1 amide bonds. The molecular weight excluding hydrogens is 202 g/mol. The first kappa shape index (κ1) is 13.5. The van der Waals surface area contributed by atoms with E-state index < -0.39 is 0 Å². The Morgan fingerprint density at radius 1 is 1.44 bits per heavy atom. The maximum absolute atomic E-state index is 11.3.